The minimum Gasteiger partial charge on any atom is -0.315 e. The number of aryl methyl sites for hydroxylation is 1. The first-order valence-electron chi connectivity index (χ1n) is 4.95. The standard InChI is InChI=1S/C11H12N2O2/c1-6-3-4-8-9(5-6)11(13-10(8)12)14-7(2)15-11/h3-5,7H,1-2H3,(H2,12,13). The van der Waals surface area contributed by atoms with Crippen LogP contribution in [-0.4, -0.2) is 12.1 Å². The summed E-state index contributed by atoms with van der Waals surface area (Å²) in [7, 11) is 0. The topological polar surface area (TPSA) is 54.3 Å². The van der Waals surface area contributed by atoms with E-state index in [2.05, 4.69) is 5.32 Å². The molecule has 0 unspecified atom stereocenters. The summed E-state index contributed by atoms with van der Waals surface area (Å²) in [5, 5.41) is 10.7. The van der Waals surface area contributed by atoms with E-state index in [1.165, 1.54) is 0 Å². The zero-order valence-electron chi connectivity index (χ0n) is 8.63. The third-order valence-corrected chi connectivity index (χ3v) is 2.75. The molecule has 2 aliphatic rings. The van der Waals surface area contributed by atoms with Gasteiger partial charge in [-0.15, -0.1) is 0 Å². The lowest BCUT2D eigenvalue weighted by Gasteiger charge is -2.43. The van der Waals surface area contributed by atoms with E-state index in [9.17, 15) is 0 Å². The van der Waals surface area contributed by atoms with Gasteiger partial charge < -0.3 is 5.32 Å². The van der Waals surface area contributed by atoms with Gasteiger partial charge in [0.15, 0.2) is 6.29 Å². The maximum Gasteiger partial charge on any atom is 0.284 e. The van der Waals surface area contributed by atoms with Crippen molar-refractivity contribution in [2.45, 2.75) is 26.0 Å². The van der Waals surface area contributed by atoms with Crippen molar-refractivity contribution >= 4 is 5.84 Å². The summed E-state index contributed by atoms with van der Waals surface area (Å²) in [6.07, 6.45) is -0.211. The molecule has 2 heterocycles. The fourth-order valence-corrected chi connectivity index (χ4v) is 2.11. The predicted molar refractivity (Wildman–Crippen MR) is 54.5 cm³/mol. The fourth-order valence-electron chi connectivity index (χ4n) is 2.11. The molecule has 0 saturated carbocycles. The van der Waals surface area contributed by atoms with E-state index in [1.807, 2.05) is 32.0 Å². The number of nitrogens with one attached hydrogen (secondary N) is 2. The van der Waals surface area contributed by atoms with Gasteiger partial charge in [-0.2, -0.15) is 0 Å². The van der Waals surface area contributed by atoms with Gasteiger partial charge in [0.1, 0.15) is 5.84 Å². The zero-order valence-corrected chi connectivity index (χ0v) is 8.63. The molecule has 3 rings (SSSR count). The number of benzene rings is 1. The van der Waals surface area contributed by atoms with Gasteiger partial charge in [0.2, 0.25) is 0 Å². The van der Waals surface area contributed by atoms with Crippen LogP contribution in [0, 0.1) is 12.3 Å². The SMILES string of the molecule is Cc1ccc2c(c1)C1(NC2=N)OC(C)O1. The van der Waals surface area contributed by atoms with Crippen molar-refractivity contribution in [2.75, 3.05) is 0 Å². The number of fused-ring (bicyclic) bond motifs is 2. The zero-order chi connectivity index (χ0) is 10.6. The van der Waals surface area contributed by atoms with Gasteiger partial charge in [-0.3, -0.25) is 14.9 Å². The molecule has 0 amide bonds. The average Bonchev–Trinajstić information content (AvgIpc) is 2.39. The van der Waals surface area contributed by atoms with Crippen molar-refractivity contribution < 1.29 is 9.47 Å². The van der Waals surface area contributed by atoms with Gasteiger partial charge in [-0.25, -0.2) is 0 Å². The van der Waals surface area contributed by atoms with E-state index >= 15 is 0 Å². The number of hydrogen-bond donors (Lipinski definition) is 2. The molecule has 0 atom stereocenters. The lowest BCUT2D eigenvalue weighted by atomic mass is 10.0. The lowest BCUT2D eigenvalue weighted by molar-refractivity contribution is -0.461. The number of hydrogen-bond acceptors (Lipinski definition) is 3. The minimum atomic E-state index is -0.891. The molecular weight excluding hydrogens is 192 g/mol. The Balaban J connectivity index is 2.12. The van der Waals surface area contributed by atoms with Gasteiger partial charge in [-0.1, -0.05) is 17.7 Å². The molecule has 1 aromatic carbocycles. The van der Waals surface area contributed by atoms with Crippen LogP contribution in [0.15, 0.2) is 18.2 Å². The highest BCUT2D eigenvalue weighted by atomic mass is 16.9. The second-order valence-electron chi connectivity index (χ2n) is 3.97. The van der Waals surface area contributed by atoms with Crippen LogP contribution in [0.4, 0.5) is 0 Å². The quantitative estimate of drug-likeness (QED) is 0.672. The average molecular weight is 204 g/mol. The van der Waals surface area contributed by atoms with Crippen molar-refractivity contribution in [1.29, 1.82) is 5.41 Å². The van der Waals surface area contributed by atoms with Crippen LogP contribution >= 0.6 is 0 Å². The molecule has 0 aromatic heterocycles. The largest absolute Gasteiger partial charge is 0.315 e. The third-order valence-electron chi connectivity index (χ3n) is 2.75. The summed E-state index contributed by atoms with van der Waals surface area (Å²) in [5.74, 6) is -0.533. The molecule has 1 aromatic rings. The van der Waals surface area contributed by atoms with Crippen molar-refractivity contribution in [2.24, 2.45) is 0 Å². The fraction of sp³-hybridized carbons (Fsp3) is 0.364. The predicted octanol–water partition coefficient (Wildman–Crippen LogP) is 1.43. The molecule has 0 radical (unpaired) electrons. The van der Waals surface area contributed by atoms with Crippen LogP contribution in [0.1, 0.15) is 23.6 Å². The highest BCUT2D eigenvalue weighted by Gasteiger charge is 2.53. The Bertz CT molecular complexity index is 450. The van der Waals surface area contributed by atoms with Gasteiger partial charge in [0.05, 0.1) is 0 Å². The van der Waals surface area contributed by atoms with Crippen LogP contribution in [-0.2, 0) is 15.4 Å². The Morgan fingerprint density at radius 2 is 2.13 bits per heavy atom. The van der Waals surface area contributed by atoms with E-state index in [4.69, 9.17) is 14.9 Å². The first-order valence-corrected chi connectivity index (χ1v) is 4.95. The van der Waals surface area contributed by atoms with Gasteiger partial charge in [0.25, 0.3) is 5.91 Å². The van der Waals surface area contributed by atoms with Crippen LogP contribution in [0.3, 0.4) is 0 Å². The Kier molecular flexibility index (Phi) is 1.53. The van der Waals surface area contributed by atoms with Crippen molar-refractivity contribution in [3.8, 4) is 0 Å². The number of rotatable bonds is 0. The minimum absolute atomic E-state index is 0.211. The van der Waals surface area contributed by atoms with E-state index in [0.29, 0.717) is 5.84 Å². The molecule has 0 aliphatic carbocycles. The van der Waals surface area contributed by atoms with Gasteiger partial charge in [-0.05, 0) is 19.9 Å². The first-order chi connectivity index (χ1) is 7.11. The molecule has 15 heavy (non-hydrogen) atoms. The molecule has 1 saturated heterocycles. The smallest absolute Gasteiger partial charge is 0.284 e. The molecular formula is C11H12N2O2. The monoisotopic (exact) mass is 204 g/mol. The molecule has 1 fully saturated rings. The van der Waals surface area contributed by atoms with Crippen LogP contribution in [0.25, 0.3) is 0 Å². The van der Waals surface area contributed by atoms with Crippen molar-refractivity contribution in [1.82, 2.24) is 5.32 Å². The first kappa shape index (κ1) is 8.88. The second-order valence-corrected chi connectivity index (χ2v) is 3.97. The highest BCUT2D eigenvalue weighted by Crippen LogP contribution is 2.42. The van der Waals surface area contributed by atoms with Crippen LogP contribution in [0.2, 0.25) is 0 Å². The molecule has 1 spiro atoms. The Labute approximate surface area is 87.7 Å². The lowest BCUT2D eigenvalue weighted by Crippen LogP contribution is -2.57. The Morgan fingerprint density at radius 1 is 1.40 bits per heavy atom. The summed E-state index contributed by atoms with van der Waals surface area (Å²) in [5.41, 5.74) is 2.90. The van der Waals surface area contributed by atoms with Gasteiger partial charge >= 0.3 is 0 Å². The van der Waals surface area contributed by atoms with Crippen LogP contribution in [0.5, 0.6) is 0 Å². The highest BCUT2D eigenvalue weighted by molar-refractivity contribution is 6.01. The second kappa shape index (κ2) is 2.59. The molecule has 2 aliphatic heterocycles. The van der Waals surface area contributed by atoms with E-state index < -0.39 is 5.91 Å². The van der Waals surface area contributed by atoms with E-state index in [0.717, 1.165) is 16.7 Å². The van der Waals surface area contributed by atoms with Gasteiger partial charge in [0, 0.05) is 11.1 Å². The maximum absolute atomic E-state index is 7.79. The van der Waals surface area contributed by atoms with Crippen molar-refractivity contribution in [3.63, 3.8) is 0 Å². The Morgan fingerprint density at radius 3 is 2.80 bits per heavy atom. The summed E-state index contributed by atoms with van der Waals surface area (Å²) >= 11 is 0. The third kappa shape index (κ3) is 1.06. The van der Waals surface area contributed by atoms with Crippen LogP contribution < -0.4 is 5.32 Å². The molecule has 4 heteroatoms. The normalized spacial score (nSPS) is 32.4. The van der Waals surface area contributed by atoms with E-state index in [1.54, 1.807) is 0 Å². The Hall–Kier alpha value is -1.39. The molecule has 4 nitrogen and oxygen atoms in total. The summed E-state index contributed by atoms with van der Waals surface area (Å²) in [6.45, 7) is 3.85. The number of amidine groups is 1. The number of ether oxygens (including phenoxy) is 2. The molecule has 2 N–H and O–H groups in total. The summed E-state index contributed by atoms with van der Waals surface area (Å²) < 4.78 is 11.1. The summed E-state index contributed by atoms with van der Waals surface area (Å²) in [6, 6.07) is 5.90. The summed E-state index contributed by atoms with van der Waals surface area (Å²) in [4.78, 5) is 0. The molecule has 0 bridgehead atoms. The molecule has 78 valence electrons. The van der Waals surface area contributed by atoms with Crippen molar-refractivity contribution in [3.05, 3.63) is 34.9 Å². The van der Waals surface area contributed by atoms with E-state index in [-0.39, 0.29) is 6.29 Å². The maximum atomic E-state index is 7.79.